The van der Waals surface area contributed by atoms with E-state index in [1.807, 2.05) is 14.1 Å². The second-order valence-corrected chi connectivity index (χ2v) is 5.56. The molecule has 2 rings (SSSR count). The Bertz CT molecular complexity index is 623. The van der Waals surface area contributed by atoms with Crippen LogP contribution in [0.1, 0.15) is 36.0 Å². The number of hydrogen-bond acceptors (Lipinski definition) is 4. The Morgan fingerprint density at radius 1 is 1.40 bits per heavy atom. The number of H-pyrrole nitrogens is 1. The number of likely N-dealkylation sites (N-methyl/N-ethyl adjacent to an activating group) is 1. The summed E-state index contributed by atoms with van der Waals surface area (Å²) in [5.41, 5.74) is -1.98. The van der Waals surface area contributed by atoms with Gasteiger partial charge in [-0.15, -0.1) is 0 Å². The van der Waals surface area contributed by atoms with Crippen molar-refractivity contribution in [1.82, 2.24) is 14.5 Å². The van der Waals surface area contributed by atoms with Gasteiger partial charge in [0.05, 0.1) is 0 Å². The van der Waals surface area contributed by atoms with Gasteiger partial charge in [0.2, 0.25) is 0 Å². The van der Waals surface area contributed by atoms with Crippen molar-refractivity contribution in [3.05, 3.63) is 32.6 Å². The maximum absolute atomic E-state index is 11.9. The summed E-state index contributed by atoms with van der Waals surface area (Å²) in [6.45, 7) is 0.385. The van der Waals surface area contributed by atoms with E-state index in [9.17, 15) is 14.4 Å². The van der Waals surface area contributed by atoms with Crippen LogP contribution in [0.15, 0.2) is 15.8 Å². The average Bonchev–Trinajstić information content (AvgIpc) is 2.82. The Balaban J connectivity index is 2.43. The first kappa shape index (κ1) is 14.5. The Morgan fingerprint density at radius 3 is 2.50 bits per heavy atom. The molecule has 2 N–H and O–H groups in total. The molecular weight excluding hydrogens is 262 g/mol. The maximum atomic E-state index is 11.9. The van der Waals surface area contributed by atoms with Gasteiger partial charge in [-0.25, -0.2) is 9.59 Å². The zero-order valence-corrected chi connectivity index (χ0v) is 11.7. The first-order chi connectivity index (χ1) is 9.35. The lowest BCUT2D eigenvalue weighted by molar-refractivity contribution is 0.0692. The number of aromatic amines is 1. The number of carboxylic acids is 1. The van der Waals surface area contributed by atoms with E-state index >= 15 is 0 Å². The molecule has 0 aliphatic heterocycles. The van der Waals surface area contributed by atoms with Crippen molar-refractivity contribution in [2.75, 3.05) is 14.1 Å². The van der Waals surface area contributed by atoms with Gasteiger partial charge in [0.25, 0.3) is 5.56 Å². The van der Waals surface area contributed by atoms with Crippen LogP contribution in [-0.2, 0) is 6.54 Å². The van der Waals surface area contributed by atoms with Crippen LogP contribution in [0.5, 0.6) is 0 Å². The predicted octanol–water partition coefficient (Wildman–Crippen LogP) is 0.109. The lowest BCUT2D eigenvalue weighted by Gasteiger charge is -2.36. The Labute approximate surface area is 115 Å². The lowest BCUT2D eigenvalue weighted by Crippen LogP contribution is -2.48. The fourth-order valence-electron chi connectivity index (χ4n) is 2.88. The van der Waals surface area contributed by atoms with E-state index in [0.717, 1.165) is 31.9 Å². The van der Waals surface area contributed by atoms with Gasteiger partial charge in [0, 0.05) is 18.3 Å². The molecule has 0 radical (unpaired) electrons. The maximum Gasteiger partial charge on any atom is 0.342 e. The largest absolute Gasteiger partial charge is 0.477 e. The smallest absolute Gasteiger partial charge is 0.342 e. The molecule has 0 spiro atoms. The topological polar surface area (TPSA) is 95.4 Å². The third kappa shape index (κ3) is 2.53. The van der Waals surface area contributed by atoms with Crippen LogP contribution in [0, 0.1) is 0 Å². The molecule has 7 nitrogen and oxygen atoms in total. The SMILES string of the molecule is CN(C)C1(Cn2cc(C(=O)O)c(=O)[nH]c2=O)CCCC1. The van der Waals surface area contributed by atoms with Crippen LogP contribution in [0.3, 0.4) is 0 Å². The normalized spacial score (nSPS) is 17.6. The molecule has 7 heteroatoms. The highest BCUT2D eigenvalue weighted by atomic mass is 16.4. The summed E-state index contributed by atoms with van der Waals surface area (Å²) < 4.78 is 1.30. The van der Waals surface area contributed by atoms with Gasteiger partial charge >= 0.3 is 11.7 Å². The summed E-state index contributed by atoms with van der Waals surface area (Å²) in [6.07, 6.45) is 5.22. The van der Waals surface area contributed by atoms with E-state index < -0.39 is 22.8 Å². The minimum atomic E-state index is -1.33. The summed E-state index contributed by atoms with van der Waals surface area (Å²) in [5.74, 6) is -1.33. The number of nitrogens with zero attached hydrogens (tertiary/aromatic N) is 2. The van der Waals surface area contributed by atoms with Crippen molar-refractivity contribution in [2.45, 2.75) is 37.8 Å². The zero-order valence-electron chi connectivity index (χ0n) is 11.7. The molecular formula is C13H19N3O4. The van der Waals surface area contributed by atoms with Crippen molar-refractivity contribution in [3.8, 4) is 0 Å². The Hall–Kier alpha value is -1.89. The predicted molar refractivity (Wildman–Crippen MR) is 73.2 cm³/mol. The summed E-state index contributed by atoms with van der Waals surface area (Å²) in [6, 6.07) is 0. The zero-order chi connectivity index (χ0) is 14.9. The molecule has 1 aromatic heterocycles. The van der Waals surface area contributed by atoms with Crippen molar-refractivity contribution in [3.63, 3.8) is 0 Å². The minimum absolute atomic E-state index is 0.155. The molecule has 1 heterocycles. The monoisotopic (exact) mass is 281 g/mol. The molecule has 0 amide bonds. The van der Waals surface area contributed by atoms with Gasteiger partial charge in [-0.1, -0.05) is 12.8 Å². The van der Waals surface area contributed by atoms with Gasteiger partial charge in [-0.05, 0) is 26.9 Å². The Kier molecular flexibility index (Phi) is 3.80. The van der Waals surface area contributed by atoms with E-state index in [2.05, 4.69) is 9.88 Å². The molecule has 0 saturated heterocycles. The number of aromatic nitrogens is 2. The van der Waals surface area contributed by atoms with E-state index in [-0.39, 0.29) is 5.54 Å². The van der Waals surface area contributed by atoms with E-state index in [1.165, 1.54) is 4.57 Å². The molecule has 0 aromatic carbocycles. The molecule has 1 aromatic rings. The number of hydrogen-bond donors (Lipinski definition) is 2. The molecule has 1 fully saturated rings. The number of rotatable bonds is 4. The molecule has 20 heavy (non-hydrogen) atoms. The van der Waals surface area contributed by atoms with Crippen LogP contribution >= 0.6 is 0 Å². The number of carboxylic acid groups (broad SMARTS) is 1. The fraction of sp³-hybridized carbons (Fsp3) is 0.615. The third-order valence-electron chi connectivity index (χ3n) is 4.19. The fourth-order valence-corrected chi connectivity index (χ4v) is 2.88. The molecule has 0 atom stereocenters. The second-order valence-electron chi connectivity index (χ2n) is 5.56. The number of nitrogens with one attached hydrogen (secondary N) is 1. The van der Waals surface area contributed by atoms with Gasteiger partial charge in [-0.2, -0.15) is 0 Å². The van der Waals surface area contributed by atoms with Gasteiger partial charge in [-0.3, -0.25) is 14.3 Å². The van der Waals surface area contributed by atoms with Crippen LogP contribution in [0.2, 0.25) is 0 Å². The van der Waals surface area contributed by atoms with Crippen LogP contribution < -0.4 is 11.2 Å². The number of carbonyl (C=O) groups is 1. The van der Waals surface area contributed by atoms with Gasteiger partial charge < -0.3 is 10.0 Å². The van der Waals surface area contributed by atoms with Crippen molar-refractivity contribution >= 4 is 5.97 Å². The standard InChI is InChI=1S/C13H19N3O4/c1-15(2)13(5-3-4-6-13)8-16-7-9(11(18)19)10(17)14-12(16)20/h7H,3-6,8H2,1-2H3,(H,18,19)(H,14,17,20). The second kappa shape index (κ2) is 5.24. The van der Waals surface area contributed by atoms with Crippen molar-refractivity contribution in [2.24, 2.45) is 0 Å². The first-order valence-corrected chi connectivity index (χ1v) is 6.60. The molecule has 1 aliphatic carbocycles. The van der Waals surface area contributed by atoms with Crippen LogP contribution in [-0.4, -0.2) is 45.2 Å². The van der Waals surface area contributed by atoms with Gasteiger partial charge in [0.1, 0.15) is 5.56 Å². The highest BCUT2D eigenvalue weighted by molar-refractivity contribution is 5.86. The average molecular weight is 281 g/mol. The summed E-state index contributed by atoms with van der Waals surface area (Å²) in [4.78, 5) is 38.4. The summed E-state index contributed by atoms with van der Waals surface area (Å²) in [5, 5.41) is 8.97. The lowest BCUT2D eigenvalue weighted by atomic mass is 9.96. The third-order valence-corrected chi connectivity index (χ3v) is 4.19. The van der Waals surface area contributed by atoms with E-state index in [0.29, 0.717) is 6.54 Å². The summed E-state index contributed by atoms with van der Waals surface area (Å²) >= 11 is 0. The highest BCUT2D eigenvalue weighted by Gasteiger charge is 2.36. The quantitative estimate of drug-likeness (QED) is 0.816. The van der Waals surface area contributed by atoms with E-state index in [1.54, 1.807) is 0 Å². The van der Waals surface area contributed by atoms with Gasteiger partial charge in [0.15, 0.2) is 0 Å². The van der Waals surface area contributed by atoms with Crippen LogP contribution in [0.4, 0.5) is 0 Å². The van der Waals surface area contributed by atoms with E-state index in [4.69, 9.17) is 5.11 Å². The molecule has 0 bridgehead atoms. The van der Waals surface area contributed by atoms with Crippen LogP contribution in [0.25, 0.3) is 0 Å². The minimum Gasteiger partial charge on any atom is -0.477 e. The first-order valence-electron chi connectivity index (χ1n) is 6.60. The highest BCUT2D eigenvalue weighted by Crippen LogP contribution is 2.34. The molecule has 1 aliphatic rings. The van der Waals surface area contributed by atoms with Crippen molar-refractivity contribution in [1.29, 1.82) is 0 Å². The number of aromatic carboxylic acids is 1. The molecule has 1 saturated carbocycles. The molecule has 110 valence electrons. The summed E-state index contributed by atoms with van der Waals surface area (Å²) in [7, 11) is 3.92. The molecule has 0 unspecified atom stereocenters. The van der Waals surface area contributed by atoms with Crippen molar-refractivity contribution < 1.29 is 9.90 Å². The Morgan fingerprint density at radius 2 is 2.00 bits per heavy atom.